The van der Waals surface area contributed by atoms with Crippen molar-refractivity contribution in [2.24, 2.45) is 0 Å². The Morgan fingerprint density at radius 1 is 1.57 bits per heavy atom. The first-order valence-corrected chi connectivity index (χ1v) is 6.52. The number of thioether (sulfide) groups is 1. The molecule has 0 saturated heterocycles. The average Bonchev–Trinajstić information content (AvgIpc) is 2.20. The lowest BCUT2D eigenvalue weighted by atomic mass is 10.1. The number of carbonyl (C=O) groups excluding carboxylic acids is 1. The largest absolute Gasteiger partial charge is 0.465 e. The normalized spacial score (nSPS) is 9.93. The van der Waals surface area contributed by atoms with Crippen LogP contribution in [0.3, 0.4) is 0 Å². The summed E-state index contributed by atoms with van der Waals surface area (Å²) in [6.07, 6.45) is 2.06. The fraction of sp³-hybridized carbons (Fsp3) is 0.300. The zero-order chi connectivity index (χ0) is 10.6. The summed E-state index contributed by atoms with van der Waals surface area (Å²) in [6, 6.07) is 5.64. The molecule has 0 saturated carbocycles. The Kier molecular flexibility index (Phi) is 4.74. The highest BCUT2D eigenvalue weighted by Crippen LogP contribution is 2.19. The molecular weight excluding hydrogens is 311 g/mol. The second-order valence-corrected chi connectivity index (χ2v) is 4.76. The van der Waals surface area contributed by atoms with Crippen molar-refractivity contribution in [3.05, 3.63) is 32.9 Å². The van der Waals surface area contributed by atoms with Crippen molar-refractivity contribution < 1.29 is 9.53 Å². The van der Waals surface area contributed by atoms with Crippen LogP contribution in [0.15, 0.2) is 18.2 Å². The van der Waals surface area contributed by atoms with Crippen LogP contribution >= 0.6 is 34.4 Å². The lowest BCUT2D eigenvalue weighted by Crippen LogP contribution is -2.02. The van der Waals surface area contributed by atoms with Crippen LogP contribution in [0.2, 0.25) is 0 Å². The van der Waals surface area contributed by atoms with Gasteiger partial charge in [0, 0.05) is 9.32 Å². The van der Waals surface area contributed by atoms with Crippen molar-refractivity contribution in [3.63, 3.8) is 0 Å². The summed E-state index contributed by atoms with van der Waals surface area (Å²) in [4.78, 5) is 11.2. The Balaban J connectivity index is 2.94. The molecule has 0 heterocycles. The summed E-state index contributed by atoms with van der Waals surface area (Å²) in [5.41, 5.74) is 1.87. The van der Waals surface area contributed by atoms with Gasteiger partial charge in [0.05, 0.1) is 12.7 Å². The fourth-order valence-electron chi connectivity index (χ4n) is 1.06. The lowest BCUT2D eigenvalue weighted by Gasteiger charge is -2.04. The van der Waals surface area contributed by atoms with Crippen molar-refractivity contribution in [2.75, 3.05) is 13.4 Å². The van der Waals surface area contributed by atoms with Crippen molar-refractivity contribution in [2.45, 2.75) is 5.75 Å². The van der Waals surface area contributed by atoms with Crippen LogP contribution in [-0.2, 0) is 10.5 Å². The SMILES string of the molecule is COC(=O)c1ccc(CSC)c(I)c1. The van der Waals surface area contributed by atoms with E-state index < -0.39 is 0 Å². The average molecular weight is 322 g/mol. The number of ether oxygens (including phenoxy) is 1. The predicted octanol–water partition coefficient (Wildman–Crippen LogP) is 2.94. The molecule has 4 heteroatoms. The number of esters is 1. The van der Waals surface area contributed by atoms with Gasteiger partial charge in [-0.15, -0.1) is 0 Å². The van der Waals surface area contributed by atoms with Crippen molar-refractivity contribution >= 4 is 40.3 Å². The van der Waals surface area contributed by atoms with Crippen molar-refractivity contribution in [3.8, 4) is 0 Å². The zero-order valence-electron chi connectivity index (χ0n) is 8.04. The van der Waals surface area contributed by atoms with E-state index in [2.05, 4.69) is 33.6 Å². The molecule has 0 aliphatic carbocycles. The molecule has 2 nitrogen and oxygen atoms in total. The van der Waals surface area contributed by atoms with Gasteiger partial charge < -0.3 is 4.74 Å². The Morgan fingerprint density at radius 2 is 2.29 bits per heavy atom. The van der Waals surface area contributed by atoms with Gasteiger partial charge in [0.2, 0.25) is 0 Å². The van der Waals surface area contributed by atoms with Gasteiger partial charge >= 0.3 is 5.97 Å². The van der Waals surface area contributed by atoms with E-state index in [0.717, 1.165) is 9.32 Å². The van der Waals surface area contributed by atoms with Gasteiger partial charge in [0.15, 0.2) is 0 Å². The third-order valence-corrected chi connectivity index (χ3v) is 3.38. The summed E-state index contributed by atoms with van der Waals surface area (Å²) in [5.74, 6) is 0.693. The van der Waals surface area contributed by atoms with Crippen LogP contribution in [0.4, 0.5) is 0 Å². The molecule has 76 valence electrons. The molecule has 1 rings (SSSR count). The molecule has 14 heavy (non-hydrogen) atoms. The van der Waals surface area contributed by atoms with Crippen LogP contribution in [-0.4, -0.2) is 19.3 Å². The highest BCUT2D eigenvalue weighted by atomic mass is 127. The summed E-state index contributed by atoms with van der Waals surface area (Å²) in [5, 5.41) is 0. The summed E-state index contributed by atoms with van der Waals surface area (Å²) < 4.78 is 5.75. The first kappa shape index (κ1) is 11.8. The van der Waals surface area contributed by atoms with E-state index in [-0.39, 0.29) is 5.97 Å². The summed E-state index contributed by atoms with van der Waals surface area (Å²) in [6.45, 7) is 0. The van der Waals surface area contributed by atoms with E-state index >= 15 is 0 Å². The van der Waals surface area contributed by atoms with Gasteiger partial charge in [0.25, 0.3) is 0 Å². The highest BCUT2D eigenvalue weighted by molar-refractivity contribution is 14.1. The van der Waals surface area contributed by atoms with Gasteiger partial charge in [-0.2, -0.15) is 11.8 Å². The Morgan fingerprint density at radius 3 is 2.79 bits per heavy atom. The Labute approximate surface area is 102 Å². The van der Waals surface area contributed by atoms with E-state index in [0.29, 0.717) is 5.56 Å². The second-order valence-electron chi connectivity index (χ2n) is 2.73. The smallest absolute Gasteiger partial charge is 0.337 e. The highest BCUT2D eigenvalue weighted by Gasteiger charge is 2.07. The molecule has 0 aliphatic rings. The molecule has 0 atom stereocenters. The maximum absolute atomic E-state index is 11.2. The van der Waals surface area contributed by atoms with Crippen LogP contribution in [0.5, 0.6) is 0 Å². The van der Waals surface area contributed by atoms with Crippen molar-refractivity contribution in [1.29, 1.82) is 0 Å². The van der Waals surface area contributed by atoms with Gasteiger partial charge in [-0.25, -0.2) is 4.79 Å². The van der Waals surface area contributed by atoms with E-state index in [1.54, 1.807) is 17.8 Å². The molecule has 0 fully saturated rings. The number of carbonyl (C=O) groups is 1. The van der Waals surface area contributed by atoms with E-state index in [4.69, 9.17) is 0 Å². The van der Waals surface area contributed by atoms with E-state index in [9.17, 15) is 4.79 Å². The topological polar surface area (TPSA) is 26.3 Å². The molecule has 1 aromatic carbocycles. The lowest BCUT2D eigenvalue weighted by molar-refractivity contribution is 0.0600. The van der Waals surface area contributed by atoms with Crippen LogP contribution in [0.1, 0.15) is 15.9 Å². The quantitative estimate of drug-likeness (QED) is 0.632. The fourth-order valence-corrected chi connectivity index (χ4v) is 2.59. The monoisotopic (exact) mass is 322 g/mol. The first-order chi connectivity index (χ1) is 6.69. The molecule has 1 aromatic rings. The maximum Gasteiger partial charge on any atom is 0.337 e. The molecule has 0 spiro atoms. The zero-order valence-corrected chi connectivity index (χ0v) is 11.0. The molecule has 0 N–H and O–H groups in total. The minimum absolute atomic E-state index is 0.279. The van der Waals surface area contributed by atoms with Crippen LogP contribution in [0.25, 0.3) is 0 Å². The molecule has 0 amide bonds. The number of halogens is 1. The van der Waals surface area contributed by atoms with Gasteiger partial charge in [-0.05, 0) is 46.5 Å². The standard InChI is InChI=1S/C10H11IO2S/c1-13-10(12)7-3-4-8(6-14-2)9(11)5-7/h3-5H,6H2,1-2H3. The predicted molar refractivity (Wildman–Crippen MR) is 67.7 cm³/mol. The molecular formula is C10H11IO2S. The molecule has 0 radical (unpaired) electrons. The Bertz CT molecular complexity index is 339. The molecule has 0 aliphatic heterocycles. The van der Waals surface area contributed by atoms with E-state index in [1.807, 2.05) is 12.1 Å². The molecule has 0 bridgehead atoms. The summed E-state index contributed by atoms with van der Waals surface area (Å²) >= 11 is 4.01. The molecule has 0 unspecified atom stereocenters. The number of methoxy groups -OCH3 is 1. The van der Waals surface area contributed by atoms with Crippen molar-refractivity contribution in [1.82, 2.24) is 0 Å². The van der Waals surface area contributed by atoms with Gasteiger partial charge in [-0.1, -0.05) is 6.07 Å². The number of hydrogen-bond acceptors (Lipinski definition) is 3. The number of rotatable bonds is 3. The maximum atomic E-state index is 11.2. The first-order valence-electron chi connectivity index (χ1n) is 4.04. The van der Waals surface area contributed by atoms with Gasteiger partial charge in [0.1, 0.15) is 0 Å². The minimum Gasteiger partial charge on any atom is -0.465 e. The van der Waals surface area contributed by atoms with Crippen LogP contribution < -0.4 is 0 Å². The third kappa shape index (κ3) is 2.88. The molecule has 0 aromatic heterocycles. The number of hydrogen-bond donors (Lipinski definition) is 0. The third-order valence-electron chi connectivity index (χ3n) is 1.77. The van der Waals surface area contributed by atoms with E-state index in [1.165, 1.54) is 12.7 Å². The number of benzene rings is 1. The Hall–Kier alpha value is -0.230. The summed E-state index contributed by atoms with van der Waals surface area (Å²) in [7, 11) is 1.39. The minimum atomic E-state index is -0.279. The van der Waals surface area contributed by atoms with Crippen LogP contribution in [0, 0.1) is 3.57 Å². The van der Waals surface area contributed by atoms with Gasteiger partial charge in [-0.3, -0.25) is 0 Å². The second kappa shape index (κ2) is 5.60.